The van der Waals surface area contributed by atoms with Crippen molar-refractivity contribution in [3.05, 3.63) is 0 Å². The Balaban J connectivity index is 2.00. The third-order valence-electron chi connectivity index (χ3n) is 4.67. The Hall–Kier alpha value is -0.0400. The third-order valence-corrected chi connectivity index (χ3v) is 4.67. The fraction of sp³-hybridized carbons (Fsp3) is 1.00. The summed E-state index contributed by atoms with van der Waals surface area (Å²) < 4.78 is 0. The van der Waals surface area contributed by atoms with Crippen LogP contribution in [0.2, 0.25) is 0 Å². The minimum Gasteiger partial charge on any atom is -0.327 e. The van der Waals surface area contributed by atoms with Crippen molar-refractivity contribution in [3.63, 3.8) is 0 Å². The highest BCUT2D eigenvalue weighted by Crippen LogP contribution is 2.54. The molecule has 0 saturated heterocycles. The largest absolute Gasteiger partial charge is 0.327 e. The molecular formula is C12H23N. The Labute approximate surface area is 82.1 Å². The first-order chi connectivity index (χ1) is 6.11. The van der Waals surface area contributed by atoms with E-state index in [1.807, 2.05) is 0 Å². The fourth-order valence-corrected chi connectivity index (χ4v) is 3.46. The monoisotopic (exact) mass is 181 g/mol. The first-order valence-corrected chi connectivity index (χ1v) is 5.87. The molecule has 1 nitrogen and oxygen atoms in total. The molecule has 2 rings (SSSR count). The van der Waals surface area contributed by atoms with Gasteiger partial charge >= 0.3 is 0 Å². The summed E-state index contributed by atoms with van der Waals surface area (Å²) in [6, 6.07) is 0.445. The van der Waals surface area contributed by atoms with E-state index in [1.54, 1.807) is 0 Å². The second-order valence-electron chi connectivity index (χ2n) is 5.58. The second-order valence-corrected chi connectivity index (χ2v) is 5.58. The number of nitrogens with two attached hydrogens (primary N) is 1. The Kier molecular flexibility index (Phi) is 2.39. The molecule has 1 heteroatoms. The standard InChI is InChI=1S/C12H23N/c1-7(2)12(13)11-6-9-4-5-10(9)8(11)3/h7-12H,4-6,13H2,1-3H3. The van der Waals surface area contributed by atoms with Gasteiger partial charge in [-0.3, -0.25) is 0 Å². The summed E-state index contributed by atoms with van der Waals surface area (Å²) in [7, 11) is 0. The average Bonchev–Trinajstić information content (AvgIpc) is 2.21. The van der Waals surface area contributed by atoms with Crippen LogP contribution in [0.4, 0.5) is 0 Å². The molecule has 0 aromatic carbocycles. The fourth-order valence-electron chi connectivity index (χ4n) is 3.46. The van der Waals surface area contributed by atoms with Crippen molar-refractivity contribution in [2.75, 3.05) is 0 Å². The summed E-state index contributed by atoms with van der Waals surface area (Å²) in [4.78, 5) is 0. The summed E-state index contributed by atoms with van der Waals surface area (Å²) in [5.74, 6) is 4.46. The second kappa shape index (κ2) is 3.27. The van der Waals surface area contributed by atoms with Gasteiger partial charge in [-0.2, -0.15) is 0 Å². The van der Waals surface area contributed by atoms with Crippen molar-refractivity contribution >= 4 is 0 Å². The maximum absolute atomic E-state index is 6.26. The maximum Gasteiger partial charge on any atom is 0.00931 e. The summed E-state index contributed by atoms with van der Waals surface area (Å²) in [5, 5.41) is 0. The van der Waals surface area contributed by atoms with Gasteiger partial charge in [-0.05, 0) is 48.9 Å². The van der Waals surface area contributed by atoms with E-state index >= 15 is 0 Å². The van der Waals surface area contributed by atoms with Gasteiger partial charge in [0, 0.05) is 6.04 Å². The molecule has 5 atom stereocenters. The lowest BCUT2D eigenvalue weighted by Gasteiger charge is -2.33. The van der Waals surface area contributed by atoms with Crippen LogP contribution in [0, 0.1) is 29.6 Å². The molecular weight excluding hydrogens is 158 g/mol. The quantitative estimate of drug-likeness (QED) is 0.696. The summed E-state index contributed by atoms with van der Waals surface area (Å²) in [5.41, 5.74) is 6.26. The average molecular weight is 181 g/mol. The molecule has 0 spiro atoms. The molecule has 2 fully saturated rings. The van der Waals surface area contributed by atoms with Crippen LogP contribution in [0.25, 0.3) is 0 Å². The molecule has 5 unspecified atom stereocenters. The Morgan fingerprint density at radius 2 is 1.92 bits per heavy atom. The minimum atomic E-state index is 0.445. The highest BCUT2D eigenvalue weighted by Gasteiger charge is 2.47. The predicted molar refractivity (Wildman–Crippen MR) is 56.3 cm³/mol. The summed E-state index contributed by atoms with van der Waals surface area (Å²) >= 11 is 0. The van der Waals surface area contributed by atoms with E-state index in [9.17, 15) is 0 Å². The molecule has 13 heavy (non-hydrogen) atoms. The lowest BCUT2D eigenvalue weighted by atomic mass is 9.73. The lowest BCUT2D eigenvalue weighted by Crippen LogP contribution is -2.37. The van der Waals surface area contributed by atoms with Gasteiger partial charge in [0.05, 0.1) is 0 Å². The van der Waals surface area contributed by atoms with E-state index < -0.39 is 0 Å². The molecule has 2 aliphatic rings. The summed E-state index contributed by atoms with van der Waals surface area (Å²) in [6.07, 6.45) is 4.38. The van der Waals surface area contributed by atoms with Crippen molar-refractivity contribution < 1.29 is 0 Å². The van der Waals surface area contributed by atoms with Crippen LogP contribution >= 0.6 is 0 Å². The molecule has 0 radical (unpaired) electrons. The molecule has 2 aliphatic carbocycles. The van der Waals surface area contributed by atoms with E-state index in [2.05, 4.69) is 20.8 Å². The Morgan fingerprint density at radius 3 is 2.23 bits per heavy atom. The topological polar surface area (TPSA) is 26.0 Å². The highest BCUT2D eigenvalue weighted by atomic mass is 14.7. The molecule has 2 saturated carbocycles. The molecule has 0 bridgehead atoms. The van der Waals surface area contributed by atoms with Gasteiger partial charge in [0.2, 0.25) is 0 Å². The van der Waals surface area contributed by atoms with Gasteiger partial charge in [0.25, 0.3) is 0 Å². The van der Waals surface area contributed by atoms with E-state index in [1.165, 1.54) is 19.3 Å². The van der Waals surface area contributed by atoms with Crippen LogP contribution in [-0.4, -0.2) is 6.04 Å². The highest BCUT2D eigenvalue weighted by molar-refractivity contribution is 4.98. The van der Waals surface area contributed by atoms with Crippen molar-refractivity contribution in [2.24, 2.45) is 35.3 Å². The van der Waals surface area contributed by atoms with E-state index in [0.29, 0.717) is 12.0 Å². The molecule has 0 aromatic rings. The maximum atomic E-state index is 6.26. The van der Waals surface area contributed by atoms with Crippen molar-refractivity contribution in [1.29, 1.82) is 0 Å². The first kappa shape index (κ1) is 9.51. The molecule has 76 valence electrons. The van der Waals surface area contributed by atoms with Gasteiger partial charge in [-0.15, -0.1) is 0 Å². The van der Waals surface area contributed by atoms with Crippen molar-refractivity contribution in [1.82, 2.24) is 0 Å². The molecule has 0 aromatic heterocycles. The molecule has 2 N–H and O–H groups in total. The molecule has 0 aliphatic heterocycles. The van der Waals surface area contributed by atoms with Crippen LogP contribution in [0.5, 0.6) is 0 Å². The van der Waals surface area contributed by atoms with Crippen molar-refractivity contribution in [2.45, 2.75) is 46.1 Å². The van der Waals surface area contributed by atoms with Crippen LogP contribution in [0.15, 0.2) is 0 Å². The Morgan fingerprint density at radius 1 is 1.23 bits per heavy atom. The summed E-state index contributed by atoms with van der Waals surface area (Å²) in [6.45, 7) is 6.95. The van der Waals surface area contributed by atoms with Gasteiger partial charge in [-0.1, -0.05) is 20.8 Å². The zero-order valence-electron chi connectivity index (χ0n) is 9.16. The number of hydrogen-bond donors (Lipinski definition) is 1. The Bertz CT molecular complexity index is 184. The van der Waals surface area contributed by atoms with Gasteiger partial charge in [0.1, 0.15) is 0 Å². The van der Waals surface area contributed by atoms with Crippen molar-refractivity contribution in [3.8, 4) is 0 Å². The first-order valence-electron chi connectivity index (χ1n) is 5.87. The SMILES string of the molecule is CC(C)C(N)C1CC2CCC2C1C. The van der Waals surface area contributed by atoms with E-state index in [0.717, 1.165) is 23.7 Å². The van der Waals surface area contributed by atoms with Gasteiger partial charge < -0.3 is 5.73 Å². The lowest BCUT2D eigenvalue weighted by molar-refractivity contribution is 0.170. The number of rotatable bonds is 2. The minimum absolute atomic E-state index is 0.445. The third kappa shape index (κ3) is 1.41. The predicted octanol–water partition coefficient (Wildman–Crippen LogP) is 2.65. The van der Waals surface area contributed by atoms with Gasteiger partial charge in [0.15, 0.2) is 0 Å². The molecule has 0 heterocycles. The van der Waals surface area contributed by atoms with Crippen LogP contribution in [-0.2, 0) is 0 Å². The smallest absolute Gasteiger partial charge is 0.00931 e. The number of fused-ring (bicyclic) bond motifs is 1. The van der Waals surface area contributed by atoms with Crippen LogP contribution in [0.1, 0.15) is 40.0 Å². The van der Waals surface area contributed by atoms with Crippen LogP contribution in [0.3, 0.4) is 0 Å². The zero-order chi connectivity index (χ0) is 9.59. The van der Waals surface area contributed by atoms with E-state index in [4.69, 9.17) is 5.73 Å². The van der Waals surface area contributed by atoms with E-state index in [-0.39, 0.29) is 0 Å². The normalized spacial score (nSPS) is 45.9. The number of hydrogen-bond acceptors (Lipinski definition) is 1. The molecule has 0 amide bonds. The zero-order valence-corrected chi connectivity index (χ0v) is 9.16. The van der Waals surface area contributed by atoms with Crippen LogP contribution < -0.4 is 5.73 Å². The van der Waals surface area contributed by atoms with Gasteiger partial charge in [-0.25, -0.2) is 0 Å².